The van der Waals surface area contributed by atoms with Crippen molar-refractivity contribution in [2.45, 2.75) is 13.0 Å². The lowest BCUT2D eigenvalue weighted by Crippen LogP contribution is -2.15. The predicted octanol–water partition coefficient (Wildman–Crippen LogP) is 3.62. The fraction of sp³-hybridized carbons (Fsp3) is 0.188. The monoisotopic (exact) mass is 325 g/mol. The molecule has 0 heterocycles. The van der Waals surface area contributed by atoms with Gasteiger partial charge in [0.25, 0.3) is 0 Å². The summed E-state index contributed by atoms with van der Waals surface area (Å²) in [5.74, 6) is -1.06. The number of rotatable bonds is 6. The molecule has 1 amide bonds. The van der Waals surface area contributed by atoms with Crippen molar-refractivity contribution in [2.24, 2.45) is 0 Å². The van der Waals surface area contributed by atoms with Gasteiger partial charge in [0.15, 0.2) is 11.5 Å². The SMILES string of the molecule is COc1ccc(NC(=O)Cc2ccccc2F)cc1OC(F)F. The number of nitrogens with one attached hydrogen (secondary N) is 1. The number of ether oxygens (including phenoxy) is 2. The van der Waals surface area contributed by atoms with Crippen LogP contribution in [0.3, 0.4) is 0 Å². The van der Waals surface area contributed by atoms with Gasteiger partial charge in [0, 0.05) is 11.8 Å². The second-order valence-electron chi connectivity index (χ2n) is 4.56. The van der Waals surface area contributed by atoms with E-state index in [9.17, 15) is 18.0 Å². The first-order valence-electron chi connectivity index (χ1n) is 6.65. The third-order valence-corrected chi connectivity index (χ3v) is 2.97. The van der Waals surface area contributed by atoms with Crippen molar-refractivity contribution < 1.29 is 27.4 Å². The highest BCUT2D eigenvalue weighted by Crippen LogP contribution is 2.31. The van der Waals surface area contributed by atoms with Crippen LogP contribution < -0.4 is 14.8 Å². The smallest absolute Gasteiger partial charge is 0.387 e. The third-order valence-electron chi connectivity index (χ3n) is 2.97. The Hall–Kier alpha value is -2.70. The molecule has 0 atom stereocenters. The van der Waals surface area contributed by atoms with E-state index in [2.05, 4.69) is 10.1 Å². The lowest BCUT2D eigenvalue weighted by atomic mass is 10.1. The fourth-order valence-electron chi connectivity index (χ4n) is 1.96. The first-order valence-corrected chi connectivity index (χ1v) is 6.65. The number of hydrogen-bond acceptors (Lipinski definition) is 3. The van der Waals surface area contributed by atoms with Gasteiger partial charge in [-0.2, -0.15) is 8.78 Å². The second-order valence-corrected chi connectivity index (χ2v) is 4.56. The average Bonchev–Trinajstić information content (AvgIpc) is 2.49. The van der Waals surface area contributed by atoms with Crippen molar-refractivity contribution >= 4 is 11.6 Å². The number of amides is 1. The lowest BCUT2D eigenvalue weighted by molar-refractivity contribution is -0.115. The van der Waals surface area contributed by atoms with Crippen molar-refractivity contribution in [3.05, 3.63) is 53.8 Å². The maximum Gasteiger partial charge on any atom is 0.387 e. The summed E-state index contributed by atoms with van der Waals surface area (Å²) in [6.45, 7) is -3.02. The minimum absolute atomic E-state index is 0.109. The largest absolute Gasteiger partial charge is 0.493 e. The standard InChI is InChI=1S/C16H14F3NO3/c1-22-13-7-6-11(9-14(13)23-16(18)19)20-15(21)8-10-4-2-3-5-12(10)17/h2-7,9,16H,8H2,1H3,(H,20,21). The van der Waals surface area contributed by atoms with E-state index < -0.39 is 18.3 Å². The zero-order chi connectivity index (χ0) is 16.8. The zero-order valence-electron chi connectivity index (χ0n) is 12.2. The molecule has 0 bridgehead atoms. The molecule has 0 aliphatic rings. The van der Waals surface area contributed by atoms with Crippen molar-refractivity contribution in [2.75, 3.05) is 12.4 Å². The Bertz CT molecular complexity index is 692. The summed E-state index contributed by atoms with van der Waals surface area (Å²) >= 11 is 0. The van der Waals surface area contributed by atoms with Gasteiger partial charge >= 0.3 is 6.61 Å². The van der Waals surface area contributed by atoms with Crippen LogP contribution in [-0.2, 0) is 11.2 Å². The highest BCUT2D eigenvalue weighted by Gasteiger charge is 2.13. The number of halogens is 3. The Labute approximate surface area is 130 Å². The summed E-state index contributed by atoms with van der Waals surface area (Å²) in [6.07, 6.45) is -0.177. The van der Waals surface area contributed by atoms with Crippen LogP contribution in [0.2, 0.25) is 0 Å². The topological polar surface area (TPSA) is 47.6 Å². The van der Waals surface area contributed by atoms with E-state index >= 15 is 0 Å². The Balaban J connectivity index is 2.10. The Kier molecular flexibility index (Phi) is 5.46. The van der Waals surface area contributed by atoms with Gasteiger partial charge < -0.3 is 14.8 Å². The number of hydrogen-bond donors (Lipinski definition) is 1. The average molecular weight is 325 g/mol. The molecule has 4 nitrogen and oxygen atoms in total. The molecule has 7 heteroatoms. The molecule has 0 fully saturated rings. The highest BCUT2D eigenvalue weighted by atomic mass is 19.3. The second kappa shape index (κ2) is 7.53. The maximum atomic E-state index is 13.5. The Morgan fingerprint density at radius 1 is 1.17 bits per heavy atom. The summed E-state index contributed by atoms with van der Waals surface area (Å²) in [5, 5.41) is 2.50. The van der Waals surface area contributed by atoms with E-state index in [1.54, 1.807) is 6.07 Å². The number of benzene rings is 2. The van der Waals surface area contributed by atoms with Gasteiger partial charge in [0.05, 0.1) is 13.5 Å². The molecule has 1 N–H and O–H groups in total. The number of carbonyl (C=O) groups excluding carboxylic acids is 1. The minimum atomic E-state index is -3.02. The quantitative estimate of drug-likeness (QED) is 0.882. The van der Waals surface area contributed by atoms with E-state index in [1.165, 1.54) is 43.5 Å². The minimum Gasteiger partial charge on any atom is -0.493 e. The van der Waals surface area contributed by atoms with E-state index in [0.29, 0.717) is 0 Å². The van der Waals surface area contributed by atoms with Crippen molar-refractivity contribution in [3.8, 4) is 11.5 Å². The highest BCUT2D eigenvalue weighted by molar-refractivity contribution is 5.92. The number of alkyl halides is 2. The van der Waals surface area contributed by atoms with Gasteiger partial charge in [-0.1, -0.05) is 18.2 Å². The van der Waals surface area contributed by atoms with Crippen LogP contribution in [0.15, 0.2) is 42.5 Å². The van der Waals surface area contributed by atoms with Crippen LogP contribution in [0.25, 0.3) is 0 Å². The summed E-state index contributed by atoms with van der Waals surface area (Å²) in [6, 6.07) is 9.96. The van der Waals surface area contributed by atoms with Crippen molar-refractivity contribution in [3.63, 3.8) is 0 Å². The van der Waals surface area contributed by atoms with Crippen LogP contribution >= 0.6 is 0 Å². The van der Waals surface area contributed by atoms with E-state index in [-0.39, 0.29) is 29.2 Å². The molecule has 0 unspecified atom stereocenters. The molecule has 0 aliphatic heterocycles. The molecular weight excluding hydrogens is 311 g/mol. The molecular formula is C16H14F3NO3. The normalized spacial score (nSPS) is 10.5. The Morgan fingerprint density at radius 3 is 2.57 bits per heavy atom. The molecule has 0 aromatic heterocycles. The fourth-order valence-corrected chi connectivity index (χ4v) is 1.96. The van der Waals surface area contributed by atoms with Gasteiger partial charge in [-0.25, -0.2) is 4.39 Å². The van der Waals surface area contributed by atoms with E-state index in [1.807, 2.05) is 0 Å². The molecule has 0 aliphatic carbocycles. The molecule has 0 radical (unpaired) electrons. The van der Waals surface area contributed by atoms with Crippen LogP contribution in [-0.4, -0.2) is 19.6 Å². The zero-order valence-corrected chi connectivity index (χ0v) is 12.2. The molecule has 122 valence electrons. The molecule has 23 heavy (non-hydrogen) atoms. The maximum absolute atomic E-state index is 13.5. The number of carbonyl (C=O) groups is 1. The van der Waals surface area contributed by atoms with Gasteiger partial charge in [0.2, 0.25) is 5.91 Å². The molecule has 0 spiro atoms. The lowest BCUT2D eigenvalue weighted by Gasteiger charge is -2.12. The molecule has 2 aromatic carbocycles. The molecule has 2 rings (SSSR count). The van der Waals surface area contributed by atoms with E-state index in [0.717, 1.165) is 0 Å². The summed E-state index contributed by atoms with van der Waals surface area (Å²) in [7, 11) is 1.31. The Morgan fingerprint density at radius 2 is 1.91 bits per heavy atom. The van der Waals surface area contributed by atoms with Crippen LogP contribution in [0.1, 0.15) is 5.56 Å². The van der Waals surface area contributed by atoms with Crippen LogP contribution in [0, 0.1) is 5.82 Å². The van der Waals surface area contributed by atoms with Gasteiger partial charge in [-0.05, 0) is 23.8 Å². The molecule has 2 aromatic rings. The number of methoxy groups -OCH3 is 1. The van der Waals surface area contributed by atoms with Crippen LogP contribution in [0.4, 0.5) is 18.9 Å². The van der Waals surface area contributed by atoms with Gasteiger partial charge in [0.1, 0.15) is 5.82 Å². The first kappa shape index (κ1) is 16.7. The van der Waals surface area contributed by atoms with Crippen molar-refractivity contribution in [1.82, 2.24) is 0 Å². The summed E-state index contributed by atoms with van der Waals surface area (Å²) < 4.78 is 47.4. The first-order chi connectivity index (χ1) is 11.0. The van der Waals surface area contributed by atoms with Gasteiger partial charge in [-0.3, -0.25) is 4.79 Å². The summed E-state index contributed by atoms with van der Waals surface area (Å²) in [5.41, 5.74) is 0.477. The summed E-state index contributed by atoms with van der Waals surface area (Å²) in [4.78, 5) is 11.9. The van der Waals surface area contributed by atoms with E-state index in [4.69, 9.17) is 4.74 Å². The number of anilines is 1. The van der Waals surface area contributed by atoms with Crippen molar-refractivity contribution in [1.29, 1.82) is 0 Å². The van der Waals surface area contributed by atoms with Gasteiger partial charge in [-0.15, -0.1) is 0 Å². The molecule has 0 saturated carbocycles. The van der Waals surface area contributed by atoms with Crippen LogP contribution in [0.5, 0.6) is 11.5 Å². The predicted molar refractivity (Wildman–Crippen MR) is 78.4 cm³/mol. The third kappa shape index (κ3) is 4.64. The molecule has 0 saturated heterocycles.